The second kappa shape index (κ2) is 2.47. The second-order valence-corrected chi connectivity index (χ2v) is 3.01. The van der Waals surface area contributed by atoms with Crippen molar-refractivity contribution in [2.24, 2.45) is 15.0 Å². The lowest BCUT2D eigenvalue weighted by molar-refractivity contribution is 0.933. The van der Waals surface area contributed by atoms with Crippen molar-refractivity contribution in [3.05, 3.63) is 18.3 Å². The summed E-state index contributed by atoms with van der Waals surface area (Å²) in [5, 5.41) is 4.13. The Bertz CT molecular complexity index is 491. The van der Waals surface area contributed by atoms with E-state index < -0.39 is 0 Å². The Morgan fingerprint density at radius 2 is 2.43 bits per heavy atom. The van der Waals surface area contributed by atoms with Crippen molar-refractivity contribution < 1.29 is 0 Å². The fourth-order valence-electron chi connectivity index (χ4n) is 1.59. The molecule has 0 fully saturated rings. The van der Waals surface area contributed by atoms with Gasteiger partial charge in [0, 0.05) is 12.4 Å². The Balaban J connectivity index is 2.23. The average molecular weight is 185 g/mol. The van der Waals surface area contributed by atoms with Crippen molar-refractivity contribution in [3.63, 3.8) is 0 Å². The highest BCUT2D eigenvalue weighted by molar-refractivity contribution is 6.21. The number of fused-ring (bicyclic) bond motifs is 3. The minimum absolute atomic E-state index is 0.0232. The molecular weight excluding hydrogens is 178 g/mol. The Labute approximate surface area is 80.2 Å². The molecule has 0 spiro atoms. The summed E-state index contributed by atoms with van der Waals surface area (Å²) in [5.74, 6) is 0.778. The summed E-state index contributed by atoms with van der Waals surface area (Å²) in [6, 6.07) is -0.0232. The Hall–Kier alpha value is -2.04. The first-order valence-electron chi connectivity index (χ1n) is 4.24. The third-order valence-electron chi connectivity index (χ3n) is 2.26. The lowest BCUT2D eigenvalue weighted by Gasteiger charge is -2.10. The zero-order valence-electron chi connectivity index (χ0n) is 7.33. The summed E-state index contributed by atoms with van der Waals surface area (Å²) in [6.07, 6.45) is 6.69. The monoisotopic (exact) mass is 185 g/mol. The molecular formula is C9H7N5. The number of nitrogens with zero attached hydrogens (tertiary/aromatic N) is 5. The molecule has 2 aliphatic heterocycles. The molecule has 5 heteroatoms. The van der Waals surface area contributed by atoms with E-state index in [-0.39, 0.29) is 6.04 Å². The highest BCUT2D eigenvalue weighted by Gasteiger charge is 2.26. The van der Waals surface area contributed by atoms with E-state index in [0.717, 1.165) is 17.1 Å². The van der Waals surface area contributed by atoms with E-state index in [1.165, 1.54) is 0 Å². The summed E-state index contributed by atoms with van der Waals surface area (Å²) < 4.78 is 1.63. The summed E-state index contributed by atoms with van der Waals surface area (Å²) in [6.45, 7) is 3.65. The van der Waals surface area contributed by atoms with Gasteiger partial charge in [0.05, 0.1) is 17.5 Å². The van der Waals surface area contributed by atoms with Crippen LogP contribution in [0.25, 0.3) is 6.20 Å². The van der Waals surface area contributed by atoms with Crippen LogP contribution in [0.1, 0.15) is 5.56 Å². The maximum Gasteiger partial charge on any atom is 0.163 e. The van der Waals surface area contributed by atoms with Gasteiger partial charge < -0.3 is 0 Å². The first-order valence-corrected chi connectivity index (χ1v) is 4.24. The molecule has 0 radical (unpaired) electrons. The van der Waals surface area contributed by atoms with Gasteiger partial charge in [0.15, 0.2) is 5.82 Å². The second-order valence-electron chi connectivity index (χ2n) is 3.01. The standard InChI is InChI=1S/C9H7N5/c1-2-14-9-6(3-13-14)8-7(4-10-9)11-5-12-8/h2-5,7H,1H2. The van der Waals surface area contributed by atoms with Crippen molar-refractivity contribution >= 4 is 30.3 Å². The van der Waals surface area contributed by atoms with Crippen molar-refractivity contribution in [2.75, 3.05) is 0 Å². The molecule has 1 unspecified atom stereocenters. The highest BCUT2D eigenvalue weighted by Crippen LogP contribution is 2.26. The van der Waals surface area contributed by atoms with Crippen molar-refractivity contribution in [2.45, 2.75) is 6.04 Å². The third kappa shape index (κ3) is 0.783. The summed E-state index contributed by atoms with van der Waals surface area (Å²) in [7, 11) is 0. The molecule has 5 nitrogen and oxygen atoms in total. The van der Waals surface area contributed by atoms with Crippen molar-refractivity contribution in [3.8, 4) is 0 Å². The van der Waals surface area contributed by atoms with E-state index in [1.54, 1.807) is 29.6 Å². The quantitative estimate of drug-likeness (QED) is 0.641. The highest BCUT2D eigenvalue weighted by atomic mass is 15.3. The molecule has 0 amide bonds. The van der Waals surface area contributed by atoms with Gasteiger partial charge in [-0.15, -0.1) is 0 Å². The van der Waals surface area contributed by atoms with Gasteiger partial charge in [0.1, 0.15) is 12.4 Å². The van der Waals surface area contributed by atoms with Gasteiger partial charge in [0.2, 0.25) is 0 Å². The van der Waals surface area contributed by atoms with Gasteiger partial charge in [-0.05, 0) is 0 Å². The molecule has 1 aromatic rings. The SMILES string of the molecule is C=Cn1ncc2c1N=CC1N=CN=C21. The van der Waals surface area contributed by atoms with Crippen molar-refractivity contribution in [1.29, 1.82) is 0 Å². The fourth-order valence-corrected chi connectivity index (χ4v) is 1.59. The number of aliphatic imine (C=N–C) groups is 3. The lowest BCUT2D eigenvalue weighted by atomic mass is 10.1. The topological polar surface area (TPSA) is 54.9 Å². The Kier molecular flexibility index (Phi) is 1.30. The van der Waals surface area contributed by atoms with Crippen LogP contribution in [0.5, 0.6) is 0 Å². The first-order chi connectivity index (χ1) is 6.90. The predicted molar refractivity (Wildman–Crippen MR) is 55.6 cm³/mol. The van der Waals surface area contributed by atoms with Gasteiger partial charge in [0.25, 0.3) is 0 Å². The zero-order valence-corrected chi connectivity index (χ0v) is 7.33. The molecule has 0 saturated heterocycles. The predicted octanol–water partition coefficient (Wildman–Crippen LogP) is 0.899. The van der Waals surface area contributed by atoms with E-state index in [9.17, 15) is 0 Å². The van der Waals surface area contributed by atoms with E-state index in [1.807, 2.05) is 0 Å². The molecule has 2 aliphatic rings. The number of rotatable bonds is 1. The molecule has 1 aromatic heterocycles. The molecule has 3 heterocycles. The summed E-state index contributed by atoms with van der Waals surface area (Å²) >= 11 is 0. The third-order valence-corrected chi connectivity index (χ3v) is 2.26. The van der Waals surface area contributed by atoms with Crippen LogP contribution in [0.15, 0.2) is 27.8 Å². The maximum atomic E-state index is 4.28. The van der Waals surface area contributed by atoms with Crippen molar-refractivity contribution in [1.82, 2.24) is 9.78 Å². The summed E-state index contributed by atoms with van der Waals surface area (Å²) in [4.78, 5) is 12.6. The van der Waals surface area contributed by atoms with E-state index in [0.29, 0.717) is 0 Å². The van der Waals surface area contributed by atoms with Gasteiger partial charge in [-0.2, -0.15) is 5.10 Å². The lowest BCUT2D eigenvalue weighted by Crippen LogP contribution is -2.20. The van der Waals surface area contributed by atoms with Crippen LogP contribution in [-0.2, 0) is 0 Å². The molecule has 14 heavy (non-hydrogen) atoms. The Morgan fingerprint density at radius 3 is 3.29 bits per heavy atom. The van der Waals surface area contributed by atoms with Gasteiger partial charge in [-0.25, -0.2) is 14.7 Å². The minimum atomic E-state index is -0.0232. The normalized spacial score (nSPS) is 21.7. The molecule has 3 rings (SSSR count). The van der Waals surface area contributed by atoms with Gasteiger partial charge >= 0.3 is 0 Å². The molecule has 0 N–H and O–H groups in total. The Morgan fingerprint density at radius 1 is 1.50 bits per heavy atom. The molecule has 0 bridgehead atoms. The minimum Gasteiger partial charge on any atom is -0.258 e. The van der Waals surface area contributed by atoms with Crippen LogP contribution in [0.3, 0.4) is 0 Å². The van der Waals surface area contributed by atoms with Crippen LogP contribution in [0, 0.1) is 0 Å². The number of aromatic nitrogens is 2. The van der Waals surface area contributed by atoms with Gasteiger partial charge in [-0.3, -0.25) is 4.99 Å². The fraction of sp³-hybridized carbons (Fsp3) is 0.111. The molecule has 0 aromatic carbocycles. The van der Waals surface area contributed by atoms with Crippen LogP contribution in [-0.4, -0.2) is 34.1 Å². The van der Waals surface area contributed by atoms with Crippen LogP contribution in [0.4, 0.5) is 5.82 Å². The van der Waals surface area contributed by atoms with E-state index in [2.05, 4.69) is 26.7 Å². The van der Waals surface area contributed by atoms with E-state index >= 15 is 0 Å². The first kappa shape index (κ1) is 7.37. The largest absolute Gasteiger partial charge is 0.258 e. The molecule has 0 aliphatic carbocycles. The molecule has 68 valence electrons. The average Bonchev–Trinajstić information content (AvgIpc) is 2.82. The number of hydrogen-bond acceptors (Lipinski definition) is 4. The molecule has 0 saturated carbocycles. The van der Waals surface area contributed by atoms with Crippen LogP contribution in [0.2, 0.25) is 0 Å². The van der Waals surface area contributed by atoms with Crippen LogP contribution < -0.4 is 0 Å². The van der Waals surface area contributed by atoms with Crippen LogP contribution >= 0.6 is 0 Å². The van der Waals surface area contributed by atoms with E-state index in [4.69, 9.17) is 0 Å². The maximum absolute atomic E-state index is 4.28. The summed E-state index contributed by atoms with van der Waals surface area (Å²) in [5.41, 5.74) is 1.86. The molecule has 1 atom stereocenters. The zero-order chi connectivity index (χ0) is 9.54. The number of hydrogen-bond donors (Lipinski definition) is 0. The smallest absolute Gasteiger partial charge is 0.163 e. The van der Waals surface area contributed by atoms with Gasteiger partial charge in [-0.1, -0.05) is 6.58 Å².